The number of hydrogen-bond donors (Lipinski definition) is 1. The fraction of sp³-hybridized carbons (Fsp3) is 0.300. The van der Waals surface area contributed by atoms with Gasteiger partial charge < -0.3 is 9.84 Å². The Morgan fingerprint density at radius 2 is 2.15 bits per heavy atom. The Balaban J connectivity index is 2.73. The predicted octanol–water partition coefficient (Wildman–Crippen LogP) is 1.12. The summed E-state index contributed by atoms with van der Waals surface area (Å²) in [7, 11) is 0. The van der Waals surface area contributed by atoms with Crippen molar-refractivity contribution in [1.82, 2.24) is 0 Å². The van der Waals surface area contributed by atoms with Crippen LogP contribution in [0.4, 0.5) is 0 Å². The Morgan fingerprint density at radius 3 is 2.85 bits per heavy atom. The molecule has 68 valence electrons. The summed E-state index contributed by atoms with van der Waals surface area (Å²) < 4.78 is 5.17. The van der Waals surface area contributed by atoms with Crippen LogP contribution < -0.4 is 4.74 Å². The summed E-state index contributed by atoms with van der Waals surface area (Å²) in [5.41, 5.74) is 0.931. The Bertz CT molecular complexity index is 304. The number of aliphatic hydroxyl groups excluding tert-OH is 1. The molecular formula is C10H11NO2. The molecule has 0 fully saturated rings. The van der Waals surface area contributed by atoms with Crippen LogP contribution in [0.15, 0.2) is 24.3 Å². The van der Waals surface area contributed by atoms with Crippen LogP contribution in [0.1, 0.15) is 5.56 Å². The van der Waals surface area contributed by atoms with Crippen molar-refractivity contribution in [2.45, 2.75) is 6.42 Å². The van der Waals surface area contributed by atoms with Gasteiger partial charge in [-0.3, -0.25) is 0 Å². The lowest BCUT2D eigenvalue weighted by Gasteiger charge is -2.06. The van der Waals surface area contributed by atoms with E-state index in [-0.39, 0.29) is 13.2 Å². The van der Waals surface area contributed by atoms with Gasteiger partial charge >= 0.3 is 0 Å². The topological polar surface area (TPSA) is 53.2 Å². The first-order valence-corrected chi connectivity index (χ1v) is 4.07. The first-order chi connectivity index (χ1) is 6.38. The van der Waals surface area contributed by atoms with Gasteiger partial charge in [0.1, 0.15) is 11.8 Å². The van der Waals surface area contributed by atoms with Crippen molar-refractivity contribution >= 4 is 0 Å². The molecule has 0 bridgehead atoms. The molecule has 0 heterocycles. The van der Waals surface area contributed by atoms with Gasteiger partial charge in [-0.2, -0.15) is 5.26 Å². The molecule has 1 N–H and O–H groups in total. The van der Waals surface area contributed by atoms with Crippen LogP contribution in [0.5, 0.6) is 5.75 Å². The molecule has 1 aromatic rings. The minimum atomic E-state index is 0.0441. The van der Waals surface area contributed by atoms with Gasteiger partial charge in [-0.15, -0.1) is 0 Å². The number of benzene rings is 1. The molecule has 0 unspecified atom stereocenters. The Labute approximate surface area is 77.2 Å². The fourth-order valence-electron chi connectivity index (χ4n) is 1.08. The Hall–Kier alpha value is -1.53. The minimum Gasteiger partial charge on any atom is -0.478 e. The van der Waals surface area contributed by atoms with Crippen molar-refractivity contribution in [2.75, 3.05) is 13.2 Å². The second kappa shape index (κ2) is 5.18. The number of aliphatic hydroxyl groups is 1. The highest BCUT2D eigenvalue weighted by Gasteiger charge is 2.00. The summed E-state index contributed by atoms with van der Waals surface area (Å²) in [6.07, 6.45) is 0.557. The van der Waals surface area contributed by atoms with Crippen LogP contribution in [0, 0.1) is 11.3 Å². The van der Waals surface area contributed by atoms with Crippen molar-refractivity contribution in [2.24, 2.45) is 0 Å². The smallest absolute Gasteiger partial charge is 0.174 e. The Kier molecular flexibility index (Phi) is 3.80. The van der Waals surface area contributed by atoms with Crippen LogP contribution in [-0.2, 0) is 6.42 Å². The van der Waals surface area contributed by atoms with Crippen molar-refractivity contribution in [3.63, 3.8) is 0 Å². The maximum absolute atomic E-state index is 8.75. The standard InChI is InChI=1S/C10H11NO2/c11-6-8-13-10-4-2-1-3-9(10)5-7-12/h1-4,12H,5,7-8H2. The second-order valence-corrected chi connectivity index (χ2v) is 2.53. The van der Waals surface area contributed by atoms with Gasteiger partial charge in [0.2, 0.25) is 0 Å². The van der Waals surface area contributed by atoms with E-state index in [1.165, 1.54) is 0 Å². The molecule has 0 spiro atoms. The number of nitrogens with zero attached hydrogens (tertiary/aromatic N) is 1. The van der Waals surface area contributed by atoms with Gasteiger partial charge in [0.05, 0.1) is 0 Å². The largest absolute Gasteiger partial charge is 0.478 e. The summed E-state index contributed by atoms with van der Waals surface area (Å²) in [6, 6.07) is 9.29. The number of hydrogen-bond acceptors (Lipinski definition) is 3. The second-order valence-electron chi connectivity index (χ2n) is 2.53. The number of nitriles is 1. The van der Waals surface area contributed by atoms with Crippen LogP contribution in [-0.4, -0.2) is 18.3 Å². The molecular weight excluding hydrogens is 166 g/mol. The molecule has 3 nitrogen and oxygen atoms in total. The monoisotopic (exact) mass is 177 g/mol. The lowest BCUT2D eigenvalue weighted by Crippen LogP contribution is -1.99. The van der Waals surface area contributed by atoms with Gasteiger partial charge in [0.25, 0.3) is 0 Å². The molecule has 3 heteroatoms. The van der Waals surface area contributed by atoms with Crippen LogP contribution >= 0.6 is 0 Å². The van der Waals surface area contributed by atoms with Crippen molar-refractivity contribution < 1.29 is 9.84 Å². The minimum absolute atomic E-state index is 0.0441. The molecule has 0 aliphatic carbocycles. The van der Waals surface area contributed by atoms with E-state index in [9.17, 15) is 0 Å². The molecule has 0 aromatic heterocycles. The van der Waals surface area contributed by atoms with Gasteiger partial charge in [-0.05, 0) is 18.1 Å². The molecule has 1 aromatic carbocycles. The van der Waals surface area contributed by atoms with E-state index in [2.05, 4.69) is 0 Å². The molecule has 0 aliphatic rings. The molecule has 13 heavy (non-hydrogen) atoms. The first kappa shape index (κ1) is 9.56. The van der Waals surface area contributed by atoms with E-state index in [1.807, 2.05) is 24.3 Å². The summed E-state index contributed by atoms with van der Waals surface area (Å²) in [5, 5.41) is 17.1. The first-order valence-electron chi connectivity index (χ1n) is 4.07. The summed E-state index contributed by atoms with van der Waals surface area (Å²) in [6.45, 7) is 0.134. The molecule has 0 radical (unpaired) electrons. The zero-order valence-electron chi connectivity index (χ0n) is 7.23. The molecule has 0 saturated heterocycles. The van der Waals surface area contributed by atoms with Gasteiger partial charge in [-0.1, -0.05) is 18.2 Å². The van der Waals surface area contributed by atoms with Gasteiger partial charge in [-0.25, -0.2) is 0 Å². The van der Waals surface area contributed by atoms with Crippen molar-refractivity contribution in [3.05, 3.63) is 29.8 Å². The zero-order valence-corrected chi connectivity index (χ0v) is 7.23. The predicted molar refractivity (Wildman–Crippen MR) is 48.3 cm³/mol. The average molecular weight is 177 g/mol. The van der Waals surface area contributed by atoms with E-state index in [0.29, 0.717) is 12.2 Å². The van der Waals surface area contributed by atoms with Crippen LogP contribution in [0.25, 0.3) is 0 Å². The van der Waals surface area contributed by atoms with Crippen molar-refractivity contribution in [1.29, 1.82) is 5.26 Å². The average Bonchev–Trinajstić information content (AvgIpc) is 2.17. The zero-order chi connectivity index (χ0) is 9.52. The Morgan fingerprint density at radius 1 is 1.38 bits per heavy atom. The molecule has 0 atom stereocenters. The lowest BCUT2D eigenvalue weighted by molar-refractivity contribution is 0.295. The van der Waals surface area contributed by atoms with E-state index in [4.69, 9.17) is 15.1 Å². The normalized spacial score (nSPS) is 9.23. The quantitative estimate of drug-likeness (QED) is 0.749. The highest BCUT2D eigenvalue weighted by Crippen LogP contribution is 2.17. The van der Waals surface area contributed by atoms with Crippen molar-refractivity contribution in [3.8, 4) is 11.8 Å². The lowest BCUT2D eigenvalue weighted by atomic mass is 10.1. The highest BCUT2D eigenvalue weighted by atomic mass is 16.5. The fourth-order valence-corrected chi connectivity index (χ4v) is 1.08. The summed E-state index contributed by atoms with van der Waals surface area (Å²) >= 11 is 0. The third-order valence-corrected chi connectivity index (χ3v) is 1.65. The molecule has 0 saturated carbocycles. The SMILES string of the molecule is N#CCOc1ccccc1CCO. The van der Waals surface area contributed by atoms with Crippen LogP contribution in [0.2, 0.25) is 0 Å². The third-order valence-electron chi connectivity index (χ3n) is 1.65. The molecule has 0 amide bonds. The maximum atomic E-state index is 8.75. The number of ether oxygens (including phenoxy) is 1. The molecule has 1 rings (SSSR count). The van der Waals surface area contributed by atoms with E-state index in [0.717, 1.165) is 5.56 Å². The van der Waals surface area contributed by atoms with E-state index >= 15 is 0 Å². The van der Waals surface area contributed by atoms with Gasteiger partial charge in [0, 0.05) is 6.61 Å². The number of para-hydroxylation sites is 1. The molecule has 0 aliphatic heterocycles. The summed E-state index contributed by atoms with van der Waals surface area (Å²) in [4.78, 5) is 0. The highest BCUT2D eigenvalue weighted by molar-refractivity contribution is 5.33. The third kappa shape index (κ3) is 2.77. The van der Waals surface area contributed by atoms with Gasteiger partial charge in [0.15, 0.2) is 6.61 Å². The number of rotatable bonds is 4. The van der Waals surface area contributed by atoms with E-state index < -0.39 is 0 Å². The van der Waals surface area contributed by atoms with E-state index in [1.54, 1.807) is 6.07 Å². The summed E-state index contributed by atoms with van der Waals surface area (Å²) in [5.74, 6) is 0.679. The van der Waals surface area contributed by atoms with Crippen LogP contribution in [0.3, 0.4) is 0 Å². The maximum Gasteiger partial charge on any atom is 0.174 e.